The highest BCUT2D eigenvalue weighted by Gasteiger charge is 2.19. The zero-order valence-electron chi connectivity index (χ0n) is 11.9. The molecule has 4 nitrogen and oxygen atoms in total. The Balaban J connectivity index is 1.47. The number of benzene rings is 1. The number of nitrogens with one attached hydrogen (secondary N) is 1. The van der Waals surface area contributed by atoms with E-state index in [1.165, 1.54) is 18.0 Å². The average Bonchev–Trinajstić information content (AvgIpc) is 2.53. The first kappa shape index (κ1) is 13.9. The van der Waals surface area contributed by atoms with Crippen molar-refractivity contribution in [2.45, 2.75) is 25.4 Å². The van der Waals surface area contributed by atoms with Crippen molar-refractivity contribution in [3.63, 3.8) is 0 Å². The second-order valence-corrected chi connectivity index (χ2v) is 5.41. The van der Waals surface area contributed by atoms with Crippen LogP contribution < -0.4 is 5.32 Å². The molecule has 5 heteroatoms. The summed E-state index contributed by atoms with van der Waals surface area (Å²) < 4.78 is 12.8. The molecule has 0 spiro atoms. The molecular weight excluding hydrogens is 267 g/mol. The largest absolute Gasteiger partial charge is 0.351 e. The Hall–Kier alpha value is -2.01. The van der Waals surface area contributed by atoms with Crippen LogP contribution >= 0.6 is 0 Å². The van der Waals surface area contributed by atoms with Crippen molar-refractivity contribution in [2.24, 2.45) is 0 Å². The minimum atomic E-state index is -0.404. The molecule has 2 heterocycles. The molecule has 1 saturated heterocycles. The average molecular weight is 286 g/mol. The third-order valence-corrected chi connectivity index (χ3v) is 3.79. The van der Waals surface area contributed by atoms with Crippen LogP contribution in [0.1, 0.15) is 18.4 Å². The van der Waals surface area contributed by atoms with E-state index in [0.717, 1.165) is 32.5 Å². The molecule has 0 atom stereocenters. The van der Waals surface area contributed by atoms with Crippen molar-refractivity contribution >= 4 is 5.95 Å². The van der Waals surface area contributed by atoms with Gasteiger partial charge in [0.2, 0.25) is 5.95 Å². The van der Waals surface area contributed by atoms with Gasteiger partial charge in [-0.1, -0.05) is 30.3 Å². The van der Waals surface area contributed by atoms with Gasteiger partial charge in [-0.15, -0.1) is 0 Å². The fourth-order valence-corrected chi connectivity index (χ4v) is 2.65. The summed E-state index contributed by atoms with van der Waals surface area (Å²) in [6.45, 7) is 3.10. The Morgan fingerprint density at radius 3 is 2.43 bits per heavy atom. The molecule has 1 aromatic carbocycles. The van der Waals surface area contributed by atoms with Crippen LogP contribution in [0.15, 0.2) is 42.7 Å². The number of hydrogen-bond acceptors (Lipinski definition) is 4. The molecule has 2 aromatic rings. The first-order valence-electron chi connectivity index (χ1n) is 7.30. The van der Waals surface area contributed by atoms with Gasteiger partial charge in [0.15, 0.2) is 5.82 Å². The number of aromatic nitrogens is 2. The van der Waals surface area contributed by atoms with E-state index in [0.29, 0.717) is 12.0 Å². The number of rotatable bonds is 4. The molecule has 0 radical (unpaired) electrons. The van der Waals surface area contributed by atoms with Crippen LogP contribution in [-0.4, -0.2) is 34.0 Å². The quantitative estimate of drug-likeness (QED) is 0.938. The van der Waals surface area contributed by atoms with Crippen LogP contribution in [0.2, 0.25) is 0 Å². The van der Waals surface area contributed by atoms with Crippen LogP contribution in [0.4, 0.5) is 10.3 Å². The molecule has 1 aromatic heterocycles. The predicted molar refractivity (Wildman–Crippen MR) is 80.4 cm³/mol. The second-order valence-electron chi connectivity index (χ2n) is 5.41. The second kappa shape index (κ2) is 6.63. The Bertz CT molecular complexity index is 550. The highest BCUT2D eigenvalue weighted by Crippen LogP contribution is 2.16. The van der Waals surface area contributed by atoms with Crippen LogP contribution in [0.5, 0.6) is 0 Å². The molecule has 110 valence electrons. The minimum Gasteiger partial charge on any atom is -0.351 e. The SMILES string of the molecule is Fc1cnc(NC2CCN(Cc3ccccc3)CC2)nc1. The van der Waals surface area contributed by atoms with E-state index in [4.69, 9.17) is 0 Å². The molecule has 1 fully saturated rings. The van der Waals surface area contributed by atoms with Gasteiger partial charge in [-0.2, -0.15) is 0 Å². The van der Waals surface area contributed by atoms with Crippen molar-refractivity contribution < 1.29 is 4.39 Å². The number of hydrogen-bond donors (Lipinski definition) is 1. The highest BCUT2D eigenvalue weighted by atomic mass is 19.1. The first-order valence-corrected chi connectivity index (χ1v) is 7.30. The van der Waals surface area contributed by atoms with E-state index in [-0.39, 0.29) is 0 Å². The summed E-state index contributed by atoms with van der Waals surface area (Å²) >= 11 is 0. The molecular formula is C16H19FN4. The van der Waals surface area contributed by atoms with Gasteiger partial charge >= 0.3 is 0 Å². The topological polar surface area (TPSA) is 41.1 Å². The molecule has 1 aliphatic heterocycles. The lowest BCUT2D eigenvalue weighted by Gasteiger charge is -2.32. The van der Waals surface area contributed by atoms with Gasteiger partial charge in [-0.25, -0.2) is 14.4 Å². The minimum absolute atomic E-state index is 0.363. The summed E-state index contributed by atoms with van der Waals surface area (Å²) in [5.41, 5.74) is 1.35. The maximum absolute atomic E-state index is 12.8. The van der Waals surface area contributed by atoms with Gasteiger partial charge in [-0.3, -0.25) is 4.90 Å². The lowest BCUT2D eigenvalue weighted by Crippen LogP contribution is -2.38. The normalized spacial score (nSPS) is 16.8. The summed E-state index contributed by atoms with van der Waals surface area (Å²) in [5.74, 6) is 0.108. The van der Waals surface area contributed by atoms with Crippen molar-refractivity contribution in [1.29, 1.82) is 0 Å². The maximum Gasteiger partial charge on any atom is 0.222 e. The molecule has 0 bridgehead atoms. The number of piperidine rings is 1. The molecule has 21 heavy (non-hydrogen) atoms. The molecule has 1 aliphatic rings. The lowest BCUT2D eigenvalue weighted by atomic mass is 10.0. The zero-order chi connectivity index (χ0) is 14.5. The van der Waals surface area contributed by atoms with Crippen LogP contribution in [0.25, 0.3) is 0 Å². The molecule has 3 rings (SSSR count). The zero-order valence-corrected chi connectivity index (χ0v) is 11.9. The van der Waals surface area contributed by atoms with Gasteiger partial charge in [0.25, 0.3) is 0 Å². The molecule has 0 unspecified atom stereocenters. The number of likely N-dealkylation sites (tertiary alicyclic amines) is 1. The third-order valence-electron chi connectivity index (χ3n) is 3.79. The van der Waals surface area contributed by atoms with Gasteiger partial charge in [-0.05, 0) is 18.4 Å². The summed E-state index contributed by atoms with van der Waals surface area (Å²) in [7, 11) is 0. The maximum atomic E-state index is 12.8. The summed E-state index contributed by atoms with van der Waals surface area (Å²) in [6, 6.07) is 10.9. The summed E-state index contributed by atoms with van der Waals surface area (Å²) in [4.78, 5) is 10.4. The Kier molecular flexibility index (Phi) is 4.40. The van der Waals surface area contributed by atoms with E-state index in [9.17, 15) is 4.39 Å². The van der Waals surface area contributed by atoms with Crippen molar-refractivity contribution in [3.05, 3.63) is 54.1 Å². The standard InChI is InChI=1S/C16H19FN4/c17-14-10-18-16(19-11-14)20-15-6-8-21(9-7-15)12-13-4-2-1-3-5-13/h1-5,10-11,15H,6-9,12H2,(H,18,19,20). The Morgan fingerprint density at radius 1 is 1.10 bits per heavy atom. The third kappa shape index (κ3) is 3.98. The smallest absolute Gasteiger partial charge is 0.222 e. The molecule has 1 N–H and O–H groups in total. The predicted octanol–water partition coefficient (Wildman–Crippen LogP) is 2.69. The fraction of sp³-hybridized carbons (Fsp3) is 0.375. The highest BCUT2D eigenvalue weighted by molar-refractivity contribution is 5.24. The first-order chi connectivity index (χ1) is 10.3. The van der Waals surface area contributed by atoms with E-state index in [1.807, 2.05) is 6.07 Å². The van der Waals surface area contributed by atoms with Gasteiger partial charge in [0.1, 0.15) is 0 Å². The van der Waals surface area contributed by atoms with Crippen LogP contribution in [0, 0.1) is 5.82 Å². The number of nitrogens with zero attached hydrogens (tertiary/aromatic N) is 3. The number of halogens is 1. The van der Waals surface area contributed by atoms with Gasteiger partial charge in [0.05, 0.1) is 12.4 Å². The molecule has 0 amide bonds. The fourth-order valence-electron chi connectivity index (χ4n) is 2.65. The van der Waals surface area contributed by atoms with E-state index < -0.39 is 5.82 Å². The van der Waals surface area contributed by atoms with Crippen molar-refractivity contribution in [1.82, 2.24) is 14.9 Å². The monoisotopic (exact) mass is 286 g/mol. The lowest BCUT2D eigenvalue weighted by molar-refractivity contribution is 0.211. The van der Waals surface area contributed by atoms with Gasteiger partial charge in [0, 0.05) is 25.7 Å². The van der Waals surface area contributed by atoms with E-state index in [1.54, 1.807) is 0 Å². The Morgan fingerprint density at radius 2 is 1.76 bits per heavy atom. The molecule has 0 aliphatic carbocycles. The number of anilines is 1. The van der Waals surface area contributed by atoms with Crippen molar-refractivity contribution in [3.8, 4) is 0 Å². The van der Waals surface area contributed by atoms with Crippen LogP contribution in [-0.2, 0) is 6.54 Å². The van der Waals surface area contributed by atoms with Crippen molar-refractivity contribution in [2.75, 3.05) is 18.4 Å². The van der Waals surface area contributed by atoms with E-state index >= 15 is 0 Å². The molecule has 0 saturated carbocycles. The van der Waals surface area contributed by atoms with Gasteiger partial charge < -0.3 is 5.32 Å². The summed E-state index contributed by atoms with van der Waals surface area (Å²) in [5, 5.41) is 3.28. The van der Waals surface area contributed by atoms with Crippen LogP contribution in [0.3, 0.4) is 0 Å². The van der Waals surface area contributed by atoms with E-state index in [2.05, 4.69) is 44.5 Å². The summed E-state index contributed by atoms with van der Waals surface area (Å²) in [6.07, 6.45) is 4.49. The Labute approximate surface area is 124 Å².